The van der Waals surface area contributed by atoms with E-state index in [0.717, 1.165) is 31.6 Å². The normalized spacial score (nSPS) is 11.4. The van der Waals surface area contributed by atoms with Crippen LogP contribution < -0.4 is 0 Å². The highest BCUT2D eigenvalue weighted by Gasteiger charge is 2.21. The molecule has 1 atom stereocenters. The first-order valence-corrected chi connectivity index (χ1v) is 10.2. The van der Waals surface area contributed by atoms with Gasteiger partial charge in [0.15, 0.2) is 0 Å². The minimum Gasteiger partial charge on any atom is -0.473 e. The van der Waals surface area contributed by atoms with Crippen molar-refractivity contribution in [3.05, 3.63) is 46.0 Å². The van der Waals surface area contributed by atoms with E-state index in [1.54, 1.807) is 0 Å². The highest BCUT2D eigenvalue weighted by molar-refractivity contribution is 6.27. The zero-order chi connectivity index (χ0) is 22.1. The van der Waals surface area contributed by atoms with Gasteiger partial charge < -0.3 is 15.1 Å². The van der Waals surface area contributed by atoms with Crippen molar-refractivity contribution in [1.82, 2.24) is 4.90 Å². The number of carbonyl (C=O) groups is 2. The Morgan fingerprint density at radius 3 is 2.00 bits per heavy atom. The van der Waals surface area contributed by atoms with E-state index in [1.807, 2.05) is 30.3 Å². The van der Waals surface area contributed by atoms with Crippen LogP contribution in [0.5, 0.6) is 0 Å². The standard InChI is InChI=1S/C19H32N2O2.C2H2O4/c1-3-5-6-7-11-16-20(4-2)17-12-15-19(21(22)23)18-13-9-8-10-14-18;3-1(4)2(5)6/h8-10,13-14,19H,3-7,11-12,15-17H2,1-2H3;(H,3,4)(H,5,6). The fourth-order valence-corrected chi connectivity index (χ4v) is 2.94. The van der Waals surface area contributed by atoms with Crippen LogP contribution in [-0.4, -0.2) is 51.6 Å². The topological polar surface area (TPSA) is 121 Å². The predicted octanol–water partition coefficient (Wildman–Crippen LogP) is 4.23. The van der Waals surface area contributed by atoms with Gasteiger partial charge in [-0.05, 0) is 32.5 Å². The van der Waals surface area contributed by atoms with E-state index < -0.39 is 18.0 Å². The molecule has 1 aromatic rings. The molecule has 8 heteroatoms. The molecule has 1 rings (SSSR count). The zero-order valence-corrected chi connectivity index (χ0v) is 17.5. The summed E-state index contributed by atoms with van der Waals surface area (Å²) < 4.78 is 0. The number of carboxylic acids is 2. The summed E-state index contributed by atoms with van der Waals surface area (Å²) in [6.45, 7) is 7.52. The molecule has 0 heterocycles. The molecule has 1 aromatic carbocycles. The number of benzene rings is 1. The van der Waals surface area contributed by atoms with Crippen molar-refractivity contribution in [2.75, 3.05) is 19.6 Å². The number of nitro groups is 1. The van der Waals surface area contributed by atoms with Gasteiger partial charge in [0.25, 0.3) is 0 Å². The number of nitrogens with zero attached hydrogens (tertiary/aromatic N) is 2. The third-order valence-electron chi connectivity index (χ3n) is 4.60. The first-order valence-electron chi connectivity index (χ1n) is 10.2. The molecule has 0 radical (unpaired) electrons. The van der Waals surface area contributed by atoms with E-state index in [2.05, 4.69) is 18.7 Å². The fourth-order valence-electron chi connectivity index (χ4n) is 2.94. The Morgan fingerprint density at radius 2 is 1.52 bits per heavy atom. The smallest absolute Gasteiger partial charge is 0.414 e. The summed E-state index contributed by atoms with van der Waals surface area (Å²) in [6, 6.07) is 8.80. The molecule has 8 nitrogen and oxygen atoms in total. The van der Waals surface area contributed by atoms with Crippen LogP contribution in [0.1, 0.15) is 70.4 Å². The van der Waals surface area contributed by atoms with Gasteiger partial charge in [0.1, 0.15) is 0 Å². The van der Waals surface area contributed by atoms with Crippen molar-refractivity contribution in [1.29, 1.82) is 0 Å². The van der Waals surface area contributed by atoms with Crippen LogP contribution in [0.3, 0.4) is 0 Å². The molecular formula is C21H34N2O6. The van der Waals surface area contributed by atoms with E-state index >= 15 is 0 Å². The summed E-state index contributed by atoms with van der Waals surface area (Å²) >= 11 is 0. The van der Waals surface area contributed by atoms with Crippen LogP contribution in [0.4, 0.5) is 0 Å². The molecule has 0 fully saturated rings. The second-order valence-electron chi connectivity index (χ2n) is 6.81. The predicted molar refractivity (Wildman–Crippen MR) is 112 cm³/mol. The molecule has 0 amide bonds. The van der Waals surface area contributed by atoms with Gasteiger partial charge in [-0.3, -0.25) is 10.1 Å². The molecule has 0 bridgehead atoms. The molecule has 164 valence electrons. The van der Waals surface area contributed by atoms with E-state index in [-0.39, 0.29) is 4.92 Å². The van der Waals surface area contributed by atoms with Gasteiger partial charge in [-0.25, -0.2) is 9.59 Å². The molecule has 0 aliphatic heterocycles. The SMILES string of the molecule is CCCCCCCN(CC)CCCC(c1ccccc1)[N+](=O)[O-].O=C(O)C(=O)O. The minimum atomic E-state index is -1.82. The summed E-state index contributed by atoms with van der Waals surface area (Å²) in [6.07, 6.45) is 7.96. The second kappa shape index (κ2) is 16.5. The summed E-state index contributed by atoms with van der Waals surface area (Å²) in [5, 5.41) is 26.1. The minimum absolute atomic E-state index is 0.142. The summed E-state index contributed by atoms with van der Waals surface area (Å²) in [4.78, 5) is 31.8. The van der Waals surface area contributed by atoms with Crippen LogP contribution in [0.15, 0.2) is 30.3 Å². The lowest BCUT2D eigenvalue weighted by molar-refractivity contribution is -0.530. The third kappa shape index (κ3) is 13.3. The zero-order valence-electron chi connectivity index (χ0n) is 17.5. The first kappa shape index (κ1) is 26.5. The lowest BCUT2D eigenvalue weighted by Crippen LogP contribution is -2.26. The van der Waals surface area contributed by atoms with Gasteiger partial charge in [0.2, 0.25) is 6.04 Å². The lowest BCUT2D eigenvalue weighted by atomic mass is 10.0. The van der Waals surface area contributed by atoms with Gasteiger partial charge in [0, 0.05) is 16.9 Å². The molecule has 0 aliphatic rings. The Labute approximate surface area is 172 Å². The van der Waals surface area contributed by atoms with Gasteiger partial charge in [-0.15, -0.1) is 0 Å². The highest BCUT2D eigenvalue weighted by atomic mass is 16.6. The van der Waals surface area contributed by atoms with Crippen LogP contribution in [0, 0.1) is 10.1 Å². The molecule has 2 N–H and O–H groups in total. The maximum absolute atomic E-state index is 11.3. The Hall–Kier alpha value is -2.48. The molecular weight excluding hydrogens is 376 g/mol. The van der Waals surface area contributed by atoms with Gasteiger partial charge in [-0.2, -0.15) is 0 Å². The van der Waals surface area contributed by atoms with E-state index in [9.17, 15) is 10.1 Å². The molecule has 0 aromatic heterocycles. The van der Waals surface area contributed by atoms with Crippen molar-refractivity contribution in [2.24, 2.45) is 0 Å². The van der Waals surface area contributed by atoms with E-state index in [4.69, 9.17) is 19.8 Å². The summed E-state index contributed by atoms with van der Waals surface area (Å²) in [5.41, 5.74) is 0.820. The quantitative estimate of drug-likeness (QED) is 0.216. The molecule has 29 heavy (non-hydrogen) atoms. The lowest BCUT2D eigenvalue weighted by Gasteiger charge is -2.20. The number of rotatable bonds is 13. The Morgan fingerprint density at radius 1 is 0.966 bits per heavy atom. The molecule has 0 aliphatic carbocycles. The number of aliphatic carboxylic acids is 2. The molecule has 0 saturated heterocycles. The molecule has 0 spiro atoms. The van der Waals surface area contributed by atoms with E-state index in [0.29, 0.717) is 6.42 Å². The van der Waals surface area contributed by atoms with E-state index in [1.165, 1.54) is 32.1 Å². The maximum Gasteiger partial charge on any atom is 0.414 e. The van der Waals surface area contributed by atoms with Crippen LogP contribution in [0.2, 0.25) is 0 Å². The summed E-state index contributed by atoms with van der Waals surface area (Å²) in [5.74, 6) is -3.65. The second-order valence-corrected chi connectivity index (χ2v) is 6.81. The van der Waals surface area contributed by atoms with Crippen molar-refractivity contribution < 1.29 is 24.7 Å². The first-order chi connectivity index (χ1) is 13.8. The average Bonchev–Trinajstić information content (AvgIpc) is 2.70. The van der Waals surface area contributed by atoms with Crippen molar-refractivity contribution in [3.63, 3.8) is 0 Å². The van der Waals surface area contributed by atoms with Crippen LogP contribution in [0.25, 0.3) is 0 Å². The Kier molecular flexibility index (Phi) is 15.1. The molecule has 0 saturated carbocycles. The Balaban J connectivity index is 0.00000113. The highest BCUT2D eigenvalue weighted by Crippen LogP contribution is 2.21. The van der Waals surface area contributed by atoms with Gasteiger partial charge in [0.05, 0.1) is 0 Å². The maximum atomic E-state index is 11.3. The van der Waals surface area contributed by atoms with Crippen molar-refractivity contribution in [3.8, 4) is 0 Å². The fraction of sp³-hybridized carbons (Fsp3) is 0.619. The van der Waals surface area contributed by atoms with Crippen molar-refractivity contribution >= 4 is 11.9 Å². The molecule has 1 unspecified atom stereocenters. The number of unbranched alkanes of at least 4 members (excludes halogenated alkanes) is 4. The summed E-state index contributed by atoms with van der Waals surface area (Å²) in [7, 11) is 0. The monoisotopic (exact) mass is 410 g/mol. The van der Waals surface area contributed by atoms with Gasteiger partial charge in [-0.1, -0.05) is 69.9 Å². The van der Waals surface area contributed by atoms with Crippen LogP contribution in [-0.2, 0) is 9.59 Å². The number of hydrogen-bond acceptors (Lipinski definition) is 5. The van der Waals surface area contributed by atoms with Crippen molar-refractivity contribution in [2.45, 2.75) is 64.8 Å². The number of carboxylic acid groups (broad SMARTS) is 2. The number of hydrogen-bond donors (Lipinski definition) is 2. The third-order valence-corrected chi connectivity index (χ3v) is 4.60. The Bertz CT molecular complexity index is 582. The van der Waals surface area contributed by atoms with Gasteiger partial charge >= 0.3 is 11.9 Å². The average molecular weight is 411 g/mol. The van der Waals surface area contributed by atoms with Crippen LogP contribution >= 0.6 is 0 Å². The largest absolute Gasteiger partial charge is 0.473 e.